The van der Waals surface area contributed by atoms with Crippen LogP contribution in [0.25, 0.3) is 0 Å². The van der Waals surface area contributed by atoms with Crippen molar-refractivity contribution in [2.24, 2.45) is 0 Å². The van der Waals surface area contributed by atoms with Crippen LogP contribution in [0.5, 0.6) is 0 Å². The molecular formula is C16H18ClNO3. The average molecular weight is 308 g/mol. The van der Waals surface area contributed by atoms with Crippen LogP contribution in [0.15, 0.2) is 34.7 Å². The number of benzene rings is 1. The largest absolute Gasteiger partial charge is 0.463 e. The fourth-order valence-corrected chi connectivity index (χ4v) is 2.39. The number of carbonyl (C=O) groups excluding carboxylic acids is 1. The first-order valence-corrected chi connectivity index (χ1v) is 7.12. The third-order valence-electron chi connectivity index (χ3n) is 3.26. The van der Waals surface area contributed by atoms with E-state index in [2.05, 4.69) is 10.1 Å². The van der Waals surface area contributed by atoms with E-state index in [4.69, 9.17) is 16.0 Å². The highest BCUT2D eigenvalue weighted by atomic mass is 35.5. The number of ether oxygens (including phenoxy) is 1. The van der Waals surface area contributed by atoms with Gasteiger partial charge in [-0.1, -0.05) is 24.6 Å². The van der Waals surface area contributed by atoms with E-state index in [0.29, 0.717) is 10.8 Å². The highest BCUT2D eigenvalue weighted by molar-refractivity contribution is 6.30. The van der Waals surface area contributed by atoms with Crippen LogP contribution in [0.3, 0.4) is 0 Å². The zero-order chi connectivity index (χ0) is 15.4. The molecule has 0 aliphatic heterocycles. The van der Waals surface area contributed by atoms with E-state index in [1.165, 1.54) is 7.11 Å². The Bertz CT molecular complexity index is 636. The Balaban J connectivity index is 2.41. The monoisotopic (exact) mass is 307 g/mol. The van der Waals surface area contributed by atoms with Crippen molar-refractivity contribution in [2.45, 2.75) is 19.9 Å². The van der Waals surface area contributed by atoms with Crippen molar-refractivity contribution in [1.82, 2.24) is 5.32 Å². The second-order valence-electron chi connectivity index (χ2n) is 4.69. The quantitative estimate of drug-likeness (QED) is 0.855. The van der Waals surface area contributed by atoms with Gasteiger partial charge in [-0.25, -0.2) is 4.79 Å². The summed E-state index contributed by atoms with van der Waals surface area (Å²) in [6.45, 7) is 4.78. The zero-order valence-corrected chi connectivity index (χ0v) is 13.0. The Kier molecular flexibility index (Phi) is 5.04. The first-order chi connectivity index (χ1) is 10.1. The van der Waals surface area contributed by atoms with Gasteiger partial charge in [-0.05, 0) is 48.9 Å². The molecule has 2 rings (SSSR count). The summed E-state index contributed by atoms with van der Waals surface area (Å²) in [4.78, 5) is 11.5. The van der Waals surface area contributed by atoms with Crippen LogP contribution in [0, 0.1) is 6.92 Å². The van der Waals surface area contributed by atoms with Gasteiger partial charge < -0.3 is 14.5 Å². The van der Waals surface area contributed by atoms with Gasteiger partial charge in [0.25, 0.3) is 0 Å². The van der Waals surface area contributed by atoms with Gasteiger partial charge in [-0.2, -0.15) is 0 Å². The Labute approximate surface area is 129 Å². The SMILES string of the molecule is CCNC(c1ccc(C(=O)OC)o1)c1cc(Cl)ccc1C. The van der Waals surface area contributed by atoms with Crippen LogP contribution in [-0.4, -0.2) is 19.6 Å². The lowest BCUT2D eigenvalue weighted by molar-refractivity contribution is 0.0562. The number of esters is 1. The van der Waals surface area contributed by atoms with Gasteiger partial charge in [0.2, 0.25) is 5.76 Å². The van der Waals surface area contributed by atoms with Crippen LogP contribution in [0.2, 0.25) is 5.02 Å². The molecule has 2 aromatic rings. The zero-order valence-electron chi connectivity index (χ0n) is 12.3. The third kappa shape index (κ3) is 3.46. The molecule has 0 fully saturated rings. The van der Waals surface area contributed by atoms with E-state index >= 15 is 0 Å². The third-order valence-corrected chi connectivity index (χ3v) is 3.49. The Morgan fingerprint density at radius 2 is 2.14 bits per heavy atom. The van der Waals surface area contributed by atoms with Gasteiger partial charge in [0.05, 0.1) is 13.2 Å². The minimum atomic E-state index is -0.487. The fraction of sp³-hybridized carbons (Fsp3) is 0.312. The number of halogens is 1. The maximum Gasteiger partial charge on any atom is 0.373 e. The average Bonchev–Trinajstić information content (AvgIpc) is 2.96. The Morgan fingerprint density at radius 1 is 1.38 bits per heavy atom. The van der Waals surface area contributed by atoms with Gasteiger partial charge >= 0.3 is 5.97 Å². The summed E-state index contributed by atoms with van der Waals surface area (Å²) in [7, 11) is 1.33. The van der Waals surface area contributed by atoms with Gasteiger partial charge in [0, 0.05) is 5.02 Å². The molecule has 1 unspecified atom stereocenters. The number of methoxy groups -OCH3 is 1. The Hall–Kier alpha value is -1.78. The molecule has 0 spiro atoms. The molecular weight excluding hydrogens is 290 g/mol. The molecule has 1 atom stereocenters. The number of rotatable bonds is 5. The summed E-state index contributed by atoms with van der Waals surface area (Å²) >= 11 is 6.09. The number of hydrogen-bond donors (Lipinski definition) is 1. The van der Waals surface area contributed by atoms with E-state index in [-0.39, 0.29) is 11.8 Å². The van der Waals surface area contributed by atoms with Crippen molar-refractivity contribution >= 4 is 17.6 Å². The molecule has 1 N–H and O–H groups in total. The Morgan fingerprint density at radius 3 is 2.81 bits per heavy atom. The second-order valence-corrected chi connectivity index (χ2v) is 5.12. The predicted molar refractivity (Wildman–Crippen MR) is 81.8 cm³/mol. The van der Waals surface area contributed by atoms with E-state index < -0.39 is 5.97 Å². The molecule has 1 aromatic heterocycles. The molecule has 0 radical (unpaired) electrons. The van der Waals surface area contributed by atoms with Crippen molar-refractivity contribution in [1.29, 1.82) is 0 Å². The van der Waals surface area contributed by atoms with Crippen molar-refractivity contribution in [3.63, 3.8) is 0 Å². The topological polar surface area (TPSA) is 51.5 Å². The highest BCUT2D eigenvalue weighted by Crippen LogP contribution is 2.28. The molecule has 1 aromatic carbocycles. The number of hydrogen-bond acceptors (Lipinski definition) is 4. The molecule has 5 heteroatoms. The summed E-state index contributed by atoms with van der Waals surface area (Å²) in [5.41, 5.74) is 2.12. The minimum absolute atomic E-state index is 0.160. The normalized spacial score (nSPS) is 12.2. The van der Waals surface area contributed by atoms with Crippen molar-refractivity contribution in [3.8, 4) is 0 Å². The van der Waals surface area contributed by atoms with Gasteiger partial charge in [0.15, 0.2) is 0 Å². The lowest BCUT2D eigenvalue weighted by Crippen LogP contribution is -2.22. The van der Waals surface area contributed by atoms with E-state index in [0.717, 1.165) is 17.7 Å². The van der Waals surface area contributed by atoms with Gasteiger partial charge in [-0.15, -0.1) is 0 Å². The summed E-state index contributed by atoms with van der Waals surface area (Å²) in [5.74, 6) is 0.358. The molecule has 0 bridgehead atoms. The maximum absolute atomic E-state index is 11.5. The molecule has 0 saturated heterocycles. The van der Waals surface area contributed by atoms with E-state index in [1.54, 1.807) is 12.1 Å². The van der Waals surface area contributed by atoms with Crippen LogP contribution in [0.4, 0.5) is 0 Å². The van der Waals surface area contributed by atoms with Crippen LogP contribution in [0.1, 0.15) is 40.4 Å². The van der Waals surface area contributed by atoms with Crippen LogP contribution >= 0.6 is 11.6 Å². The molecule has 0 aliphatic rings. The van der Waals surface area contributed by atoms with Crippen molar-refractivity contribution in [2.75, 3.05) is 13.7 Å². The predicted octanol–water partition coefficient (Wildman–Crippen LogP) is 3.73. The summed E-state index contributed by atoms with van der Waals surface area (Å²) in [6.07, 6.45) is 0. The first-order valence-electron chi connectivity index (χ1n) is 6.74. The summed E-state index contributed by atoms with van der Waals surface area (Å²) in [5, 5.41) is 4.01. The van der Waals surface area contributed by atoms with Gasteiger partial charge in [0.1, 0.15) is 5.76 Å². The van der Waals surface area contributed by atoms with Crippen LogP contribution < -0.4 is 5.32 Å². The smallest absolute Gasteiger partial charge is 0.373 e. The molecule has 1 heterocycles. The lowest BCUT2D eigenvalue weighted by atomic mass is 9.99. The lowest BCUT2D eigenvalue weighted by Gasteiger charge is -2.18. The fourth-order valence-electron chi connectivity index (χ4n) is 2.21. The van der Waals surface area contributed by atoms with Crippen molar-refractivity contribution in [3.05, 3.63) is 58.0 Å². The molecule has 0 saturated carbocycles. The van der Waals surface area contributed by atoms with E-state index in [1.807, 2.05) is 32.0 Å². The number of aryl methyl sites for hydroxylation is 1. The standard InChI is InChI=1S/C16H18ClNO3/c1-4-18-15(12-9-11(17)6-5-10(12)2)13-7-8-14(21-13)16(19)20-3/h5-9,15,18H,4H2,1-3H3. The van der Waals surface area contributed by atoms with Crippen molar-refractivity contribution < 1.29 is 13.9 Å². The molecule has 21 heavy (non-hydrogen) atoms. The second kappa shape index (κ2) is 6.78. The number of nitrogens with one attached hydrogen (secondary N) is 1. The summed E-state index contributed by atoms with van der Waals surface area (Å²) < 4.78 is 10.3. The first kappa shape index (κ1) is 15.6. The number of furan rings is 1. The number of carbonyl (C=O) groups is 1. The summed E-state index contributed by atoms with van der Waals surface area (Å²) in [6, 6.07) is 8.96. The molecule has 0 aliphatic carbocycles. The van der Waals surface area contributed by atoms with Crippen LogP contribution in [-0.2, 0) is 4.74 Å². The minimum Gasteiger partial charge on any atom is -0.463 e. The molecule has 0 amide bonds. The van der Waals surface area contributed by atoms with E-state index in [9.17, 15) is 4.79 Å². The molecule has 112 valence electrons. The van der Waals surface area contributed by atoms with Gasteiger partial charge in [-0.3, -0.25) is 0 Å². The highest BCUT2D eigenvalue weighted by Gasteiger charge is 2.21. The molecule has 4 nitrogen and oxygen atoms in total. The maximum atomic E-state index is 11.5.